The van der Waals surface area contributed by atoms with Gasteiger partial charge in [0.25, 0.3) is 0 Å². The third-order valence-electron chi connectivity index (χ3n) is 1.66. The minimum absolute atomic E-state index is 0.822. The first-order chi connectivity index (χ1) is 6.25. The first-order valence-electron chi connectivity index (χ1n) is 3.90. The van der Waals surface area contributed by atoms with E-state index in [2.05, 4.69) is 26.0 Å². The van der Waals surface area contributed by atoms with Gasteiger partial charge in [-0.25, -0.2) is 9.67 Å². The minimum Gasteiger partial charge on any atom is -0.237 e. The Hall–Kier alpha value is -1.16. The highest BCUT2D eigenvalue weighted by Crippen LogP contribution is 2.12. The molecule has 0 atom stereocenters. The summed E-state index contributed by atoms with van der Waals surface area (Å²) < 4.78 is 2.76. The van der Waals surface area contributed by atoms with Crippen LogP contribution in [0.25, 0.3) is 5.82 Å². The zero-order valence-corrected chi connectivity index (χ0v) is 8.69. The lowest BCUT2D eigenvalue weighted by molar-refractivity contribution is 0.831. The molecule has 66 valence electrons. The fraction of sp³-hybridized carbons (Fsp3) is 0.111. The Morgan fingerprint density at radius 3 is 2.85 bits per heavy atom. The normalized spacial score (nSPS) is 10.3. The Bertz CT molecular complexity index is 422. The molecule has 0 spiro atoms. The largest absolute Gasteiger partial charge is 0.237 e. The molecular formula is C9H8BrN3. The van der Waals surface area contributed by atoms with Crippen LogP contribution in [0.1, 0.15) is 5.69 Å². The van der Waals surface area contributed by atoms with Crippen LogP contribution in [0.2, 0.25) is 0 Å². The van der Waals surface area contributed by atoms with Gasteiger partial charge in [0.15, 0.2) is 5.82 Å². The fourth-order valence-electron chi connectivity index (χ4n) is 1.06. The molecule has 0 amide bonds. The summed E-state index contributed by atoms with van der Waals surface area (Å²) in [6.45, 7) is 1.95. The summed E-state index contributed by atoms with van der Waals surface area (Å²) in [6.07, 6.45) is 3.64. The van der Waals surface area contributed by atoms with Crippen molar-refractivity contribution in [2.24, 2.45) is 0 Å². The molecule has 0 saturated heterocycles. The topological polar surface area (TPSA) is 30.7 Å². The maximum atomic E-state index is 4.26. The average Bonchev–Trinajstić information content (AvgIpc) is 2.52. The van der Waals surface area contributed by atoms with Gasteiger partial charge in [0.2, 0.25) is 0 Å². The number of hydrogen-bond donors (Lipinski definition) is 0. The van der Waals surface area contributed by atoms with Gasteiger partial charge in [0, 0.05) is 16.9 Å². The molecule has 13 heavy (non-hydrogen) atoms. The van der Waals surface area contributed by atoms with Crippen molar-refractivity contribution in [3.05, 3.63) is 40.8 Å². The summed E-state index contributed by atoms with van der Waals surface area (Å²) in [5, 5.41) is 4.26. The van der Waals surface area contributed by atoms with Crippen molar-refractivity contribution in [2.45, 2.75) is 6.92 Å². The monoisotopic (exact) mass is 237 g/mol. The second-order valence-corrected chi connectivity index (χ2v) is 3.65. The number of hydrogen-bond acceptors (Lipinski definition) is 2. The highest BCUT2D eigenvalue weighted by atomic mass is 79.9. The lowest BCUT2D eigenvalue weighted by Crippen LogP contribution is -1.97. The standard InChI is InChI=1S/C9H8BrN3/c1-7-3-5-13(12-7)9-6-8(10)2-4-11-9/h2-6H,1H3. The van der Waals surface area contributed by atoms with Crippen molar-refractivity contribution in [3.8, 4) is 5.82 Å². The van der Waals surface area contributed by atoms with Gasteiger partial charge >= 0.3 is 0 Å². The van der Waals surface area contributed by atoms with Gasteiger partial charge in [-0.05, 0) is 25.1 Å². The van der Waals surface area contributed by atoms with Crippen molar-refractivity contribution in [2.75, 3.05) is 0 Å². The van der Waals surface area contributed by atoms with E-state index in [0.29, 0.717) is 0 Å². The predicted octanol–water partition coefficient (Wildman–Crippen LogP) is 2.34. The number of nitrogens with zero attached hydrogens (tertiary/aromatic N) is 3. The van der Waals surface area contributed by atoms with Crippen LogP contribution in [0.5, 0.6) is 0 Å². The quantitative estimate of drug-likeness (QED) is 0.763. The lowest BCUT2D eigenvalue weighted by atomic mass is 10.5. The second-order valence-electron chi connectivity index (χ2n) is 2.73. The van der Waals surface area contributed by atoms with E-state index in [1.807, 2.05) is 31.3 Å². The Labute approximate surface area is 84.5 Å². The summed E-state index contributed by atoms with van der Waals surface area (Å²) in [7, 11) is 0. The summed E-state index contributed by atoms with van der Waals surface area (Å²) >= 11 is 3.39. The van der Waals surface area contributed by atoms with Crippen molar-refractivity contribution < 1.29 is 0 Å². The van der Waals surface area contributed by atoms with E-state index in [1.165, 1.54) is 0 Å². The van der Waals surface area contributed by atoms with E-state index in [9.17, 15) is 0 Å². The van der Waals surface area contributed by atoms with Crippen LogP contribution in [0.15, 0.2) is 35.1 Å². The Balaban J connectivity index is 2.46. The van der Waals surface area contributed by atoms with Gasteiger partial charge in [-0.2, -0.15) is 5.10 Å². The molecule has 2 heterocycles. The highest BCUT2D eigenvalue weighted by Gasteiger charge is 1.98. The van der Waals surface area contributed by atoms with Crippen LogP contribution in [0.4, 0.5) is 0 Å². The lowest BCUT2D eigenvalue weighted by Gasteiger charge is -1.99. The molecule has 0 saturated carbocycles. The Morgan fingerprint density at radius 2 is 2.23 bits per heavy atom. The molecule has 0 radical (unpaired) electrons. The van der Waals surface area contributed by atoms with E-state index in [1.54, 1.807) is 10.9 Å². The van der Waals surface area contributed by atoms with Gasteiger partial charge in [0.1, 0.15) is 0 Å². The average molecular weight is 238 g/mol. The molecule has 0 aromatic carbocycles. The van der Waals surface area contributed by atoms with Crippen LogP contribution in [0, 0.1) is 6.92 Å². The van der Waals surface area contributed by atoms with Crippen LogP contribution < -0.4 is 0 Å². The first kappa shape index (κ1) is 8.44. The molecule has 0 N–H and O–H groups in total. The molecular weight excluding hydrogens is 230 g/mol. The van der Waals surface area contributed by atoms with Crippen molar-refractivity contribution >= 4 is 15.9 Å². The van der Waals surface area contributed by atoms with E-state index in [0.717, 1.165) is 16.0 Å². The molecule has 4 heteroatoms. The van der Waals surface area contributed by atoms with E-state index >= 15 is 0 Å². The van der Waals surface area contributed by atoms with Gasteiger partial charge < -0.3 is 0 Å². The summed E-state index contributed by atoms with van der Waals surface area (Å²) in [5.74, 6) is 0.822. The van der Waals surface area contributed by atoms with Crippen molar-refractivity contribution in [1.29, 1.82) is 0 Å². The van der Waals surface area contributed by atoms with Gasteiger partial charge in [-0.15, -0.1) is 0 Å². The SMILES string of the molecule is Cc1ccn(-c2cc(Br)ccn2)n1. The van der Waals surface area contributed by atoms with E-state index in [4.69, 9.17) is 0 Å². The van der Waals surface area contributed by atoms with Gasteiger partial charge in [-0.1, -0.05) is 15.9 Å². The number of pyridine rings is 1. The third-order valence-corrected chi connectivity index (χ3v) is 2.16. The molecule has 2 aromatic rings. The predicted molar refractivity (Wildman–Crippen MR) is 53.8 cm³/mol. The van der Waals surface area contributed by atoms with Gasteiger partial charge in [0.05, 0.1) is 5.69 Å². The summed E-state index contributed by atoms with van der Waals surface area (Å²) in [4.78, 5) is 4.19. The molecule has 0 fully saturated rings. The number of halogens is 1. The Kier molecular flexibility index (Phi) is 2.14. The van der Waals surface area contributed by atoms with E-state index < -0.39 is 0 Å². The molecule has 0 bridgehead atoms. The van der Waals surface area contributed by atoms with Crippen molar-refractivity contribution in [3.63, 3.8) is 0 Å². The van der Waals surface area contributed by atoms with Crippen LogP contribution >= 0.6 is 15.9 Å². The molecule has 0 aliphatic rings. The second kappa shape index (κ2) is 3.30. The van der Waals surface area contributed by atoms with Crippen LogP contribution in [-0.4, -0.2) is 14.8 Å². The minimum atomic E-state index is 0.822. The smallest absolute Gasteiger partial charge is 0.154 e. The fourth-order valence-corrected chi connectivity index (χ4v) is 1.38. The number of aromatic nitrogens is 3. The van der Waals surface area contributed by atoms with Crippen molar-refractivity contribution in [1.82, 2.24) is 14.8 Å². The summed E-state index contributed by atoms with van der Waals surface area (Å²) in [5.41, 5.74) is 0.988. The first-order valence-corrected chi connectivity index (χ1v) is 4.69. The molecule has 2 aromatic heterocycles. The molecule has 0 aliphatic carbocycles. The number of rotatable bonds is 1. The number of aryl methyl sites for hydroxylation is 1. The van der Waals surface area contributed by atoms with E-state index in [-0.39, 0.29) is 0 Å². The Morgan fingerprint density at radius 1 is 1.38 bits per heavy atom. The molecule has 3 nitrogen and oxygen atoms in total. The molecule has 0 aliphatic heterocycles. The van der Waals surface area contributed by atoms with Crippen LogP contribution in [0.3, 0.4) is 0 Å². The maximum Gasteiger partial charge on any atom is 0.154 e. The maximum absolute atomic E-state index is 4.26. The summed E-state index contributed by atoms with van der Waals surface area (Å²) in [6, 6.07) is 5.76. The zero-order chi connectivity index (χ0) is 9.26. The van der Waals surface area contributed by atoms with Crippen LogP contribution in [-0.2, 0) is 0 Å². The molecule has 2 rings (SSSR count). The zero-order valence-electron chi connectivity index (χ0n) is 7.11. The highest BCUT2D eigenvalue weighted by molar-refractivity contribution is 9.10. The van der Waals surface area contributed by atoms with Gasteiger partial charge in [-0.3, -0.25) is 0 Å². The molecule has 0 unspecified atom stereocenters. The third kappa shape index (κ3) is 1.78.